The number of pyridine rings is 1. The molecule has 0 aromatic carbocycles. The molecule has 1 heterocycles. The molecule has 0 spiro atoms. The number of hydrogen-bond acceptors (Lipinski definition) is 3. The molecule has 1 saturated carbocycles. The molecule has 3 nitrogen and oxygen atoms in total. The molecule has 18 heavy (non-hydrogen) atoms. The molecule has 1 aromatic rings. The highest BCUT2D eigenvalue weighted by Gasteiger charge is 2.50. The molecule has 1 aliphatic carbocycles. The van der Waals surface area contributed by atoms with Crippen molar-refractivity contribution in [2.45, 2.75) is 51.0 Å². The van der Waals surface area contributed by atoms with Gasteiger partial charge >= 0.3 is 5.97 Å². The fourth-order valence-corrected chi connectivity index (χ4v) is 3.04. The van der Waals surface area contributed by atoms with E-state index in [1.54, 1.807) is 6.20 Å². The standard InChI is InChI=1S/C14H18INO2/c1-13(2,3)18-12(17)14(7-5-8-14)11-10(15)6-4-9-16-11/h4,6,9H,5,7-8H2,1-3H3. The van der Waals surface area contributed by atoms with Crippen LogP contribution in [0.1, 0.15) is 45.7 Å². The van der Waals surface area contributed by atoms with E-state index in [9.17, 15) is 4.79 Å². The van der Waals surface area contributed by atoms with Gasteiger partial charge in [0.1, 0.15) is 11.0 Å². The Hall–Kier alpha value is -0.650. The summed E-state index contributed by atoms with van der Waals surface area (Å²) in [4.78, 5) is 16.9. The molecule has 0 N–H and O–H groups in total. The van der Waals surface area contributed by atoms with Gasteiger partial charge in [0, 0.05) is 9.77 Å². The average Bonchev–Trinajstić information content (AvgIpc) is 2.16. The molecule has 0 unspecified atom stereocenters. The SMILES string of the molecule is CC(C)(C)OC(=O)C1(c2ncccc2I)CCC1. The van der Waals surface area contributed by atoms with E-state index < -0.39 is 11.0 Å². The van der Waals surface area contributed by atoms with Gasteiger partial charge in [-0.2, -0.15) is 0 Å². The quantitative estimate of drug-likeness (QED) is 0.600. The minimum atomic E-state index is -0.509. The predicted octanol–water partition coefficient (Wildman–Crippen LogP) is 3.45. The van der Waals surface area contributed by atoms with Crippen LogP contribution in [0.15, 0.2) is 18.3 Å². The second-order valence-corrected chi connectivity index (χ2v) is 6.93. The van der Waals surface area contributed by atoms with Crippen LogP contribution in [0.25, 0.3) is 0 Å². The minimum Gasteiger partial charge on any atom is -0.459 e. The third kappa shape index (κ3) is 2.53. The Morgan fingerprint density at radius 2 is 2.11 bits per heavy atom. The molecule has 1 aliphatic rings. The second kappa shape index (κ2) is 4.79. The maximum Gasteiger partial charge on any atom is 0.318 e. The second-order valence-electron chi connectivity index (χ2n) is 5.77. The van der Waals surface area contributed by atoms with Gasteiger partial charge in [0.25, 0.3) is 0 Å². The molecule has 0 bridgehead atoms. The molecule has 0 radical (unpaired) electrons. The summed E-state index contributed by atoms with van der Waals surface area (Å²) in [6.45, 7) is 5.71. The molecule has 1 aromatic heterocycles. The van der Waals surface area contributed by atoms with Gasteiger partial charge < -0.3 is 4.74 Å². The minimum absolute atomic E-state index is 0.127. The lowest BCUT2D eigenvalue weighted by molar-refractivity contribution is -0.166. The first kappa shape index (κ1) is 13.8. The monoisotopic (exact) mass is 359 g/mol. The van der Waals surface area contributed by atoms with Crippen LogP contribution in [0.4, 0.5) is 0 Å². The number of aromatic nitrogens is 1. The van der Waals surface area contributed by atoms with Crippen LogP contribution in [0, 0.1) is 3.57 Å². The van der Waals surface area contributed by atoms with Gasteiger partial charge in [0.15, 0.2) is 0 Å². The molecule has 0 amide bonds. The van der Waals surface area contributed by atoms with Crippen LogP contribution in [0.3, 0.4) is 0 Å². The van der Waals surface area contributed by atoms with Crippen LogP contribution >= 0.6 is 22.6 Å². The number of ether oxygens (including phenoxy) is 1. The molecule has 0 atom stereocenters. The first-order chi connectivity index (χ1) is 8.35. The summed E-state index contributed by atoms with van der Waals surface area (Å²) in [7, 11) is 0. The lowest BCUT2D eigenvalue weighted by Crippen LogP contribution is -2.47. The number of halogens is 1. The van der Waals surface area contributed by atoms with Gasteiger partial charge in [-0.1, -0.05) is 6.42 Å². The number of esters is 1. The number of rotatable bonds is 2. The average molecular weight is 359 g/mol. The Balaban J connectivity index is 2.32. The van der Waals surface area contributed by atoms with Gasteiger partial charge in [-0.15, -0.1) is 0 Å². The Morgan fingerprint density at radius 1 is 1.44 bits per heavy atom. The fourth-order valence-electron chi connectivity index (χ4n) is 2.18. The van der Waals surface area contributed by atoms with Crippen molar-refractivity contribution >= 4 is 28.6 Å². The van der Waals surface area contributed by atoms with Crippen molar-refractivity contribution in [1.29, 1.82) is 0 Å². The van der Waals surface area contributed by atoms with Crippen molar-refractivity contribution in [3.05, 3.63) is 27.6 Å². The Labute approximate surface area is 121 Å². The summed E-state index contributed by atoms with van der Waals surface area (Å²) in [5.41, 5.74) is -0.0728. The van der Waals surface area contributed by atoms with Gasteiger partial charge in [-0.05, 0) is 68.3 Å². The van der Waals surface area contributed by atoms with E-state index in [1.165, 1.54) is 0 Å². The first-order valence-corrected chi connectivity index (χ1v) is 7.27. The molecular weight excluding hydrogens is 341 g/mol. The molecule has 0 saturated heterocycles. The van der Waals surface area contributed by atoms with Crippen LogP contribution < -0.4 is 0 Å². The number of carbonyl (C=O) groups is 1. The van der Waals surface area contributed by atoms with Crippen molar-refractivity contribution in [3.8, 4) is 0 Å². The van der Waals surface area contributed by atoms with Crippen molar-refractivity contribution < 1.29 is 9.53 Å². The van der Waals surface area contributed by atoms with Crippen LogP contribution in [-0.2, 0) is 14.9 Å². The van der Waals surface area contributed by atoms with Crippen LogP contribution in [-0.4, -0.2) is 16.6 Å². The smallest absolute Gasteiger partial charge is 0.318 e. The topological polar surface area (TPSA) is 39.2 Å². The Kier molecular flexibility index (Phi) is 3.67. The van der Waals surface area contributed by atoms with Crippen molar-refractivity contribution in [3.63, 3.8) is 0 Å². The summed E-state index contributed by atoms with van der Waals surface area (Å²) >= 11 is 2.24. The zero-order valence-electron chi connectivity index (χ0n) is 11.0. The van der Waals surface area contributed by atoms with Gasteiger partial charge in [-0.25, -0.2) is 0 Å². The van der Waals surface area contributed by atoms with Crippen molar-refractivity contribution in [2.24, 2.45) is 0 Å². The van der Waals surface area contributed by atoms with E-state index in [4.69, 9.17) is 4.74 Å². The summed E-state index contributed by atoms with van der Waals surface area (Å²) < 4.78 is 6.61. The molecule has 2 rings (SSSR count). The van der Waals surface area contributed by atoms with Gasteiger partial charge in [0.05, 0.1) is 5.69 Å². The third-order valence-electron chi connectivity index (χ3n) is 3.21. The van der Waals surface area contributed by atoms with Crippen molar-refractivity contribution in [2.75, 3.05) is 0 Å². The van der Waals surface area contributed by atoms with E-state index in [1.807, 2.05) is 32.9 Å². The number of nitrogens with zero attached hydrogens (tertiary/aromatic N) is 1. The predicted molar refractivity (Wildman–Crippen MR) is 78.3 cm³/mol. The summed E-state index contributed by atoms with van der Waals surface area (Å²) in [5, 5.41) is 0. The molecule has 1 fully saturated rings. The van der Waals surface area contributed by atoms with E-state index in [-0.39, 0.29) is 5.97 Å². The van der Waals surface area contributed by atoms with E-state index in [0.717, 1.165) is 28.5 Å². The normalized spacial score (nSPS) is 18.0. The molecular formula is C14H18INO2. The maximum absolute atomic E-state index is 12.5. The van der Waals surface area contributed by atoms with E-state index in [2.05, 4.69) is 27.6 Å². The summed E-state index contributed by atoms with van der Waals surface area (Å²) in [5.74, 6) is -0.127. The van der Waals surface area contributed by atoms with E-state index in [0.29, 0.717) is 0 Å². The molecule has 98 valence electrons. The zero-order chi connectivity index (χ0) is 13.4. The summed E-state index contributed by atoms with van der Waals surface area (Å²) in [6, 6.07) is 3.89. The van der Waals surface area contributed by atoms with Gasteiger partial charge in [-0.3, -0.25) is 9.78 Å². The first-order valence-electron chi connectivity index (χ1n) is 6.20. The summed E-state index contributed by atoms with van der Waals surface area (Å²) in [6.07, 6.45) is 4.50. The highest BCUT2D eigenvalue weighted by atomic mass is 127. The van der Waals surface area contributed by atoms with E-state index >= 15 is 0 Å². The molecule has 0 aliphatic heterocycles. The lowest BCUT2D eigenvalue weighted by Gasteiger charge is -2.40. The maximum atomic E-state index is 12.5. The molecule has 4 heteroatoms. The number of hydrogen-bond donors (Lipinski definition) is 0. The van der Waals surface area contributed by atoms with Crippen LogP contribution in [0.5, 0.6) is 0 Å². The van der Waals surface area contributed by atoms with Crippen molar-refractivity contribution in [1.82, 2.24) is 4.98 Å². The van der Waals surface area contributed by atoms with Crippen LogP contribution in [0.2, 0.25) is 0 Å². The number of carbonyl (C=O) groups excluding carboxylic acids is 1. The fraction of sp³-hybridized carbons (Fsp3) is 0.571. The highest BCUT2D eigenvalue weighted by Crippen LogP contribution is 2.45. The lowest BCUT2D eigenvalue weighted by atomic mass is 9.66. The third-order valence-corrected chi connectivity index (χ3v) is 4.08. The van der Waals surface area contributed by atoms with Gasteiger partial charge in [0.2, 0.25) is 0 Å². The largest absolute Gasteiger partial charge is 0.459 e. The zero-order valence-corrected chi connectivity index (χ0v) is 13.2. The highest BCUT2D eigenvalue weighted by molar-refractivity contribution is 14.1. The Bertz CT molecular complexity index is 461. The Morgan fingerprint density at radius 3 is 2.56 bits per heavy atom.